The van der Waals surface area contributed by atoms with Crippen molar-refractivity contribution in [1.82, 2.24) is 8.80 Å². The number of aryl methyl sites for hydroxylation is 1. The monoisotopic (exact) mass is 370 g/mol. The first kappa shape index (κ1) is 15.3. The summed E-state index contributed by atoms with van der Waals surface area (Å²) in [6.07, 6.45) is 2.58. The van der Waals surface area contributed by atoms with Crippen LogP contribution in [0.25, 0.3) is 33.6 Å². The number of para-hydroxylation sites is 2. The molecule has 0 bridgehead atoms. The zero-order valence-electron chi connectivity index (χ0n) is 15.3. The lowest BCUT2D eigenvalue weighted by Crippen LogP contribution is -1.94. The van der Waals surface area contributed by atoms with Gasteiger partial charge in [0.05, 0.1) is 16.7 Å². The fourth-order valence-corrected chi connectivity index (χ4v) is 4.05. The predicted molar refractivity (Wildman–Crippen MR) is 111 cm³/mol. The second kappa shape index (κ2) is 5.13. The standard InChI is InChI=1S/C22H18N4O2/c1-12-8-20-26(21(12)24)17-7-6-13(10-19(17)27-20)9-14-15(23)11-25-16-4-2-3-5-18(16)28-22(14)25/h2-8,10-11H,9,23-24H2,1H3. The fraction of sp³-hybridized carbons (Fsp3) is 0.0909. The van der Waals surface area contributed by atoms with Crippen LogP contribution in [0.1, 0.15) is 16.7 Å². The quantitative estimate of drug-likeness (QED) is 0.460. The molecule has 0 amide bonds. The average Bonchev–Trinajstić information content (AvgIpc) is 3.37. The Balaban J connectivity index is 1.49. The van der Waals surface area contributed by atoms with E-state index in [1.807, 2.05) is 64.4 Å². The van der Waals surface area contributed by atoms with Gasteiger partial charge in [-0.2, -0.15) is 0 Å². The maximum Gasteiger partial charge on any atom is 0.210 e. The lowest BCUT2D eigenvalue weighted by atomic mass is 10.1. The Bertz CT molecular complexity index is 1530. The Hall–Kier alpha value is -3.80. The summed E-state index contributed by atoms with van der Waals surface area (Å²) in [5.41, 5.74) is 21.5. The molecule has 0 saturated heterocycles. The van der Waals surface area contributed by atoms with E-state index in [2.05, 4.69) is 6.07 Å². The molecule has 138 valence electrons. The summed E-state index contributed by atoms with van der Waals surface area (Å²) in [4.78, 5) is 0. The van der Waals surface area contributed by atoms with Crippen LogP contribution in [0.4, 0.5) is 11.5 Å². The Morgan fingerprint density at radius 1 is 0.929 bits per heavy atom. The van der Waals surface area contributed by atoms with Gasteiger partial charge in [0.25, 0.3) is 0 Å². The van der Waals surface area contributed by atoms with Crippen LogP contribution in [-0.4, -0.2) is 8.80 Å². The fourth-order valence-electron chi connectivity index (χ4n) is 4.05. The van der Waals surface area contributed by atoms with Crippen molar-refractivity contribution in [2.75, 3.05) is 11.5 Å². The number of oxazole rings is 2. The summed E-state index contributed by atoms with van der Waals surface area (Å²) in [5.74, 6) is 0.710. The molecule has 6 aromatic rings. The second-order valence-corrected chi connectivity index (χ2v) is 7.28. The molecule has 0 atom stereocenters. The molecule has 4 heterocycles. The third kappa shape index (κ3) is 1.91. The third-order valence-electron chi connectivity index (χ3n) is 5.49. The van der Waals surface area contributed by atoms with Crippen LogP contribution in [0.15, 0.2) is 63.6 Å². The van der Waals surface area contributed by atoms with E-state index in [9.17, 15) is 0 Å². The van der Waals surface area contributed by atoms with Gasteiger partial charge in [0, 0.05) is 24.2 Å². The number of nitrogens with two attached hydrogens (primary N) is 2. The molecule has 0 fully saturated rings. The third-order valence-corrected chi connectivity index (χ3v) is 5.49. The van der Waals surface area contributed by atoms with Crippen molar-refractivity contribution in [3.8, 4) is 0 Å². The van der Waals surface area contributed by atoms with E-state index < -0.39 is 0 Å². The van der Waals surface area contributed by atoms with Crippen molar-refractivity contribution in [3.63, 3.8) is 0 Å². The van der Waals surface area contributed by atoms with Gasteiger partial charge in [0.1, 0.15) is 5.82 Å². The summed E-state index contributed by atoms with van der Waals surface area (Å²) in [6, 6.07) is 16.1. The molecule has 0 aliphatic rings. The van der Waals surface area contributed by atoms with Gasteiger partial charge in [0.2, 0.25) is 11.4 Å². The molecule has 0 radical (unpaired) electrons. The largest absolute Gasteiger partial charge is 0.438 e. The summed E-state index contributed by atoms with van der Waals surface area (Å²) >= 11 is 0. The molecular formula is C22H18N4O2. The minimum Gasteiger partial charge on any atom is -0.438 e. The molecule has 6 rings (SSSR count). The van der Waals surface area contributed by atoms with Gasteiger partial charge in [-0.1, -0.05) is 18.2 Å². The maximum atomic E-state index is 6.31. The summed E-state index contributed by atoms with van der Waals surface area (Å²) in [6.45, 7) is 1.98. The molecule has 28 heavy (non-hydrogen) atoms. The molecular weight excluding hydrogens is 352 g/mol. The van der Waals surface area contributed by atoms with Crippen LogP contribution in [0.2, 0.25) is 0 Å². The first-order valence-electron chi connectivity index (χ1n) is 9.16. The number of nitrogen functional groups attached to an aromatic ring is 2. The van der Waals surface area contributed by atoms with Crippen molar-refractivity contribution >= 4 is 45.1 Å². The van der Waals surface area contributed by atoms with Gasteiger partial charge in [0.15, 0.2) is 11.2 Å². The zero-order valence-corrected chi connectivity index (χ0v) is 15.3. The Labute approximate surface area is 159 Å². The molecule has 4 N–H and O–H groups in total. The van der Waals surface area contributed by atoms with Gasteiger partial charge in [-0.15, -0.1) is 0 Å². The number of nitrogens with zero attached hydrogens (tertiary/aromatic N) is 2. The van der Waals surface area contributed by atoms with Gasteiger partial charge in [-0.3, -0.25) is 8.80 Å². The van der Waals surface area contributed by atoms with Crippen LogP contribution in [-0.2, 0) is 6.42 Å². The summed E-state index contributed by atoms with van der Waals surface area (Å²) < 4.78 is 16.0. The first-order valence-corrected chi connectivity index (χ1v) is 9.16. The highest BCUT2D eigenvalue weighted by Crippen LogP contribution is 2.32. The Morgan fingerprint density at radius 2 is 1.79 bits per heavy atom. The molecule has 6 nitrogen and oxygen atoms in total. The lowest BCUT2D eigenvalue weighted by Gasteiger charge is -2.02. The highest BCUT2D eigenvalue weighted by atomic mass is 16.3. The van der Waals surface area contributed by atoms with Crippen molar-refractivity contribution < 1.29 is 8.83 Å². The second-order valence-electron chi connectivity index (χ2n) is 7.28. The normalized spacial score (nSPS) is 12.2. The van der Waals surface area contributed by atoms with E-state index >= 15 is 0 Å². The first-order chi connectivity index (χ1) is 13.6. The van der Waals surface area contributed by atoms with Gasteiger partial charge in [-0.05, 0) is 42.3 Å². The highest BCUT2D eigenvalue weighted by molar-refractivity contribution is 5.83. The Kier molecular flexibility index (Phi) is 2.80. The summed E-state index contributed by atoms with van der Waals surface area (Å²) in [7, 11) is 0. The van der Waals surface area contributed by atoms with Crippen LogP contribution >= 0.6 is 0 Å². The topological polar surface area (TPSA) is 87.1 Å². The van der Waals surface area contributed by atoms with E-state index in [-0.39, 0.29) is 0 Å². The van der Waals surface area contributed by atoms with E-state index in [1.165, 1.54) is 0 Å². The van der Waals surface area contributed by atoms with Crippen LogP contribution in [0.5, 0.6) is 0 Å². The molecule has 2 aromatic carbocycles. The van der Waals surface area contributed by atoms with Crippen molar-refractivity contribution in [2.45, 2.75) is 13.3 Å². The van der Waals surface area contributed by atoms with Crippen LogP contribution < -0.4 is 11.5 Å². The molecule has 0 spiro atoms. The molecule has 0 unspecified atom stereocenters. The number of hydrogen-bond acceptors (Lipinski definition) is 4. The lowest BCUT2D eigenvalue weighted by molar-refractivity contribution is 0.651. The Morgan fingerprint density at radius 3 is 2.68 bits per heavy atom. The molecule has 4 aromatic heterocycles. The van der Waals surface area contributed by atoms with Crippen LogP contribution in [0.3, 0.4) is 0 Å². The van der Waals surface area contributed by atoms with Crippen molar-refractivity contribution in [3.05, 3.63) is 71.4 Å². The predicted octanol–water partition coefficient (Wildman–Crippen LogP) is 4.75. The van der Waals surface area contributed by atoms with E-state index in [1.54, 1.807) is 0 Å². The maximum absolute atomic E-state index is 6.31. The average molecular weight is 370 g/mol. The van der Waals surface area contributed by atoms with E-state index in [0.717, 1.165) is 56.0 Å². The van der Waals surface area contributed by atoms with Gasteiger partial charge < -0.3 is 20.3 Å². The van der Waals surface area contributed by atoms with Crippen molar-refractivity contribution in [1.29, 1.82) is 0 Å². The minimum absolute atomic E-state index is 0.655. The highest BCUT2D eigenvalue weighted by Gasteiger charge is 2.17. The zero-order chi connectivity index (χ0) is 19.0. The number of benzene rings is 2. The number of anilines is 2. The van der Waals surface area contributed by atoms with Crippen LogP contribution in [0, 0.1) is 6.92 Å². The van der Waals surface area contributed by atoms with Crippen molar-refractivity contribution in [2.24, 2.45) is 0 Å². The summed E-state index contributed by atoms with van der Waals surface area (Å²) in [5, 5.41) is 0. The van der Waals surface area contributed by atoms with Gasteiger partial charge >= 0.3 is 0 Å². The smallest absolute Gasteiger partial charge is 0.210 e. The number of hydrogen-bond donors (Lipinski definition) is 2. The van der Waals surface area contributed by atoms with E-state index in [0.29, 0.717) is 12.2 Å². The molecule has 0 aliphatic heterocycles. The van der Waals surface area contributed by atoms with E-state index in [4.69, 9.17) is 20.3 Å². The number of aromatic nitrogens is 2. The minimum atomic E-state index is 0.655. The molecule has 0 aliphatic carbocycles. The number of fused-ring (bicyclic) bond motifs is 6. The van der Waals surface area contributed by atoms with Gasteiger partial charge in [-0.25, -0.2) is 0 Å². The molecule has 6 heteroatoms. The molecule has 0 saturated carbocycles. The number of rotatable bonds is 2. The SMILES string of the molecule is Cc1cc2oc3cc(Cc4c(N)cn5c4oc4ccccc45)ccc3n2c1N.